The van der Waals surface area contributed by atoms with Crippen molar-refractivity contribution in [2.45, 2.75) is 26.7 Å². The lowest BCUT2D eigenvalue weighted by Crippen LogP contribution is -2.34. The van der Waals surface area contributed by atoms with Gasteiger partial charge in [-0.15, -0.1) is 0 Å². The van der Waals surface area contributed by atoms with Crippen molar-refractivity contribution in [3.05, 3.63) is 23.3 Å². The molecule has 1 heteroatoms. The molecule has 1 aliphatic carbocycles. The summed E-state index contributed by atoms with van der Waals surface area (Å²) in [6.45, 7) is 6.58. The number of nitrogens with one attached hydrogen (secondary N) is 1. The van der Waals surface area contributed by atoms with Crippen molar-refractivity contribution < 1.29 is 0 Å². The van der Waals surface area contributed by atoms with Gasteiger partial charge in [-0.1, -0.05) is 12.2 Å². The van der Waals surface area contributed by atoms with Crippen molar-refractivity contribution in [3.8, 4) is 0 Å². The zero-order valence-electron chi connectivity index (χ0n) is 7.98. The molecule has 1 aliphatic heterocycles. The second kappa shape index (κ2) is 2.74. The first-order chi connectivity index (χ1) is 5.82. The van der Waals surface area contributed by atoms with Crippen molar-refractivity contribution in [3.63, 3.8) is 0 Å². The van der Waals surface area contributed by atoms with E-state index in [2.05, 4.69) is 31.3 Å². The number of hydrogen-bond donors (Lipinski definition) is 1. The zero-order chi connectivity index (χ0) is 8.60. The highest BCUT2D eigenvalue weighted by molar-refractivity contribution is 5.43. The number of hydrogen-bond acceptors (Lipinski definition) is 1. The molecule has 1 N–H and O–H groups in total. The minimum Gasteiger partial charge on any atom is -0.312 e. The molecule has 0 aromatic rings. The molecule has 2 rings (SSSR count). The van der Waals surface area contributed by atoms with Crippen LogP contribution in [-0.4, -0.2) is 13.1 Å². The molecule has 1 heterocycles. The first-order valence-electron chi connectivity index (χ1n) is 4.85. The van der Waals surface area contributed by atoms with Crippen LogP contribution < -0.4 is 5.32 Å². The lowest BCUT2D eigenvalue weighted by molar-refractivity contribution is 0.504. The Kier molecular flexibility index (Phi) is 1.84. The Hall–Kier alpha value is -0.560. The molecule has 0 aromatic carbocycles. The van der Waals surface area contributed by atoms with Crippen LogP contribution in [0, 0.1) is 5.41 Å². The SMILES string of the molecule is CC=C1/C(=C\C)CNCC12CC2. The van der Waals surface area contributed by atoms with Gasteiger partial charge in [0.1, 0.15) is 0 Å². The Morgan fingerprint density at radius 2 is 2.00 bits per heavy atom. The van der Waals surface area contributed by atoms with Crippen LogP contribution in [-0.2, 0) is 0 Å². The molecule has 1 saturated heterocycles. The van der Waals surface area contributed by atoms with Crippen LogP contribution in [0.25, 0.3) is 0 Å². The van der Waals surface area contributed by atoms with E-state index in [1.54, 1.807) is 5.57 Å². The third-order valence-electron chi connectivity index (χ3n) is 3.19. The molecule has 0 bridgehead atoms. The summed E-state index contributed by atoms with van der Waals surface area (Å²) in [7, 11) is 0. The highest BCUT2D eigenvalue weighted by Crippen LogP contribution is 2.54. The molecule has 2 aliphatic rings. The van der Waals surface area contributed by atoms with Gasteiger partial charge in [0, 0.05) is 18.5 Å². The summed E-state index contributed by atoms with van der Waals surface area (Å²) < 4.78 is 0. The van der Waals surface area contributed by atoms with E-state index in [1.807, 2.05) is 0 Å². The first kappa shape index (κ1) is 8.06. The Bertz CT molecular complexity index is 244. The molecular weight excluding hydrogens is 146 g/mol. The molecule has 0 radical (unpaired) electrons. The smallest absolute Gasteiger partial charge is 0.0205 e. The van der Waals surface area contributed by atoms with Gasteiger partial charge in [0.15, 0.2) is 0 Å². The minimum absolute atomic E-state index is 0.550. The average Bonchev–Trinajstić information content (AvgIpc) is 2.85. The average molecular weight is 163 g/mol. The normalized spacial score (nSPS) is 33.2. The summed E-state index contributed by atoms with van der Waals surface area (Å²) in [6, 6.07) is 0. The van der Waals surface area contributed by atoms with E-state index >= 15 is 0 Å². The number of allylic oxidation sites excluding steroid dienone is 2. The zero-order valence-corrected chi connectivity index (χ0v) is 7.98. The van der Waals surface area contributed by atoms with E-state index in [9.17, 15) is 0 Å². The lowest BCUT2D eigenvalue weighted by atomic mass is 9.85. The van der Waals surface area contributed by atoms with Crippen LogP contribution in [0.2, 0.25) is 0 Å². The van der Waals surface area contributed by atoms with E-state index in [0.29, 0.717) is 5.41 Å². The molecule has 1 saturated carbocycles. The van der Waals surface area contributed by atoms with Crippen LogP contribution >= 0.6 is 0 Å². The summed E-state index contributed by atoms with van der Waals surface area (Å²) in [6.07, 6.45) is 7.33. The maximum atomic E-state index is 3.49. The monoisotopic (exact) mass is 163 g/mol. The molecule has 0 aromatic heterocycles. The Balaban J connectivity index is 2.30. The van der Waals surface area contributed by atoms with Crippen molar-refractivity contribution >= 4 is 0 Å². The molecule has 0 amide bonds. The fourth-order valence-electron chi connectivity index (χ4n) is 2.31. The van der Waals surface area contributed by atoms with Gasteiger partial charge in [0.05, 0.1) is 0 Å². The number of rotatable bonds is 0. The predicted molar refractivity (Wildman–Crippen MR) is 52.1 cm³/mol. The van der Waals surface area contributed by atoms with Crippen LogP contribution in [0.1, 0.15) is 26.7 Å². The van der Waals surface area contributed by atoms with Gasteiger partial charge >= 0.3 is 0 Å². The number of piperidine rings is 1. The van der Waals surface area contributed by atoms with E-state index < -0.39 is 0 Å². The van der Waals surface area contributed by atoms with E-state index in [1.165, 1.54) is 25.0 Å². The molecule has 0 unspecified atom stereocenters. The second-order valence-corrected chi connectivity index (χ2v) is 3.90. The van der Waals surface area contributed by atoms with Gasteiger partial charge in [-0.25, -0.2) is 0 Å². The van der Waals surface area contributed by atoms with Crippen LogP contribution in [0.3, 0.4) is 0 Å². The summed E-state index contributed by atoms with van der Waals surface area (Å²) in [5, 5.41) is 3.49. The van der Waals surface area contributed by atoms with E-state index in [4.69, 9.17) is 0 Å². The Morgan fingerprint density at radius 1 is 1.25 bits per heavy atom. The van der Waals surface area contributed by atoms with Gasteiger partial charge in [0.25, 0.3) is 0 Å². The quantitative estimate of drug-likeness (QED) is 0.577. The van der Waals surface area contributed by atoms with Gasteiger partial charge in [-0.2, -0.15) is 0 Å². The fraction of sp³-hybridized carbons (Fsp3) is 0.636. The fourth-order valence-corrected chi connectivity index (χ4v) is 2.31. The largest absolute Gasteiger partial charge is 0.312 e. The van der Waals surface area contributed by atoms with Crippen LogP contribution in [0.5, 0.6) is 0 Å². The van der Waals surface area contributed by atoms with Crippen LogP contribution in [0.15, 0.2) is 23.3 Å². The molecule has 2 fully saturated rings. The van der Waals surface area contributed by atoms with Crippen molar-refractivity contribution in [1.82, 2.24) is 5.32 Å². The predicted octanol–water partition coefficient (Wildman–Crippen LogP) is 2.26. The summed E-state index contributed by atoms with van der Waals surface area (Å²) >= 11 is 0. The molecule has 66 valence electrons. The summed E-state index contributed by atoms with van der Waals surface area (Å²) in [5.41, 5.74) is 3.68. The van der Waals surface area contributed by atoms with Crippen LogP contribution in [0.4, 0.5) is 0 Å². The Morgan fingerprint density at radius 3 is 2.50 bits per heavy atom. The standard InChI is InChI=1S/C11H17N/c1-3-9-7-12-8-11(5-6-11)10(9)4-2/h3-4,12H,5-8H2,1-2H3/b9-3-,10-4?. The maximum Gasteiger partial charge on any atom is 0.0205 e. The van der Waals surface area contributed by atoms with Gasteiger partial charge in [-0.05, 0) is 37.8 Å². The first-order valence-corrected chi connectivity index (χ1v) is 4.85. The topological polar surface area (TPSA) is 12.0 Å². The molecule has 12 heavy (non-hydrogen) atoms. The van der Waals surface area contributed by atoms with Crippen molar-refractivity contribution in [2.75, 3.05) is 13.1 Å². The summed E-state index contributed by atoms with van der Waals surface area (Å²) in [4.78, 5) is 0. The molecule has 1 nitrogen and oxygen atoms in total. The highest BCUT2D eigenvalue weighted by Gasteiger charge is 2.47. The van der Waals surface area contributed by atoms with Gasteiger partial charge in [0.2, 0.25) is 0 Å². The minimum atomic E-state index is 0.550. The van der Waals surface area contributed by atoms with Crippen molar-refractivity contribution in [1.29, 1.82) is 0 Å². The maximum absolute atomic E-state index is 3.49. The lowest BCUT2D eigenvalue weighted by Gasteiger charge is -2.28. The van der Waals surface area contributed by atoms with Gasteiger partial charge in [-0.3, -0.25) is 0 Å². The summed E-state index contributed by atoms with van der Waals surface area (Å²) in [5.74, 6) is 0. The van der Waals surface area contributed by atoms with Gasteiger partial charge < -0.3 is 5.32 Å². The second-order valence-electron chi connectivity index (χ2n) is 3.90. The van der Waals surface area contributed by atoms with Crippen molar-refractivity contribution in [2.24, 2.45) is 5.41 Å². The van der Waals surface area contributed by atoms with E-state index in [0.717, 1.165) is 6.54 Å². The highest BCUT2D eigenvalue weighted by atomic mass is 14.9. The third kappa shape index (κ3) is 1.04. The molecule has 0 atom stereocenters. The Labute approximate surface area is 74.5 Å². The van der Waals surface area contributed by atoms with E-state index in [-0.39, 0.29) is 0 Å². The molecule has 1 spiro atoms. The third-order valence-corrected chi connectivity index (χ3v) is 3.19. The molecular formula is C11H17N.